The molecule has 0 aromatic rings. The van der Waals surface area contributed by atoms with E-state index in [1.165, 1.54) is 0 Å². The number of ether oxygens (including phenoxy) is 2. The molecule has 2 aliphatic rings. The normalized spacial score (nSPS) is 47.0. The van der Waals surface area contributed by atoms with Crippen LogP contribution in [0.2, 0.25) is 0 Å². The van der Waals surface area contributed by atoms with E-state index in [-0.39, 0.29) is 18.5 Å². The molecule has 3 heteroatoms. The van der Waals surface area contributed by atoms with Gasteiger partial charge in [0.15, 0.2) is 6.29 Å². The maximum atomic E-state index is 9.82. The first kappa shape index (κ1) is 8.48. The van der Waals surface area contributed by atoms with Crippen LogP contribution in [0.15, 0.2) is 0 Å². The van der Waals surface area contributed by atoms with E-state index in [2.05, 4.69) is 13.8 Å². The summed E-state index contributed by atoms with van der Waals surface area (Å²) in [6.07, 6.45) is 0.390. The van der Waals surface area contributed by atoms with Crippen molar-refractivity contribution in [2.24, 2.45) is 11.8 Å². The third-order valence-electron chi connectivity index (χ3n) is 2.91. The smallest absolute Gasteiger partial charge is 0.158 e. The van der Waals surface area contributed by atoms with Gasteiger partial charge in [-0.3, -0.25) is 0 Å². The second kappa shape index (κ2) is 2.98. The summed E-state index contributed by atoms with van der Waals surface area (Å²) in [5.74, 6) is 0.854. The van der Waals surface area contributed by atoms with E-state index < -0.39 is 0 Å². The molecule has 2 aliphatic heterocycles. The van der Waals surface area contributed by atoms with Gasteiger partial charge in [0.05, 0.1) is 12.7 Å². The van der Waals surface area contributed by atoms with Crippen LogP contribution in [0.1, 0.15) is 20.3 Å². The fourth-order valence-electron chi connectivity index (χ4n) is 2.08. The SMILES string of the molecule is CC(C)[C@@H]1C[C@@H]2OC[C@@H](O2)[C@H]1O. The van der Waals surface area contributed by atoms with Crippen molar-refractivity contribution < 1.29 is 14.6 Å². The molecule has 2 fully saturated rings. The van der Waals surface area contributed by atoms with Crippen LogP contribution < -0.4 is 0 Å². The van der Waals surface area contributed by atoms with Crippen molar-refractivity contribution in [1.82, 2.24) is 0 Å². The lowest BCUT2D eigenvalue weighted by atomic mass is 9.84. The van der Waals surface area contributed by atoms with Gasteiger partial charge in [0.2, 0.25) is 0 Å². The molecule has 0 aromatic carbocycles. The minimum Gasteiger partial charge on any atom is -0.390 e. The van der Waals surface area contributed by atoms with Gasteiger partial charge in [-0.2, -0.15) is 0 Å². The largest absolute Gasteiger partial charge is 0.390 e. The number of fused-ring (bicyclic) bond motifs is 2. The van der Waals surface area contributed by atoms with Gasteiger partial charge < -0.3 is 14.6 Å². The molecule has 2 rings (SSSR count). The molecular weight excluding hydrogens is 156 g/mol. The van der Waals surface area contributed by atoms with Gasteiger partial charge in [-0.1, -0.05) is 13.8 Å². The Kier molecular flexibility index (Phi) is 2.10. The van der Waals surface area contributed by atoms with Gasteiger partial charge in [-0.05, 0) is 11.8 Å². The van der Waals surface area contributed by atoms with Gasteiger partial charge in [-0.15, -0.1) is 0 Å². The van der Waals surface area contributed by atoms with Crippen molar-refractivity contribution in [3.05, 3.63) is 0 Å². The monoisotopic (exact) mass is 172 g/mol. The van der Waals surface area contributed by atoms with Crippen LogP contribution in [-0.2, 0) is 9.47 Å². The van der Waals surface area contributed by atoms with E-state index in [0.717, 1.165) is 6.42 Å². The Hall–Kier alpha value is -0.120. The van der Waals surface area contributed by atoms with E-state index in [9.17, 15) is 5.11 Å². The lowest BCUT2D eigenvalue weighted by Crippen LogP contribution is -2.42. The van der Waals surface area contributed by atoms with Crippen LogP contribution in [0.3, 0.4) is 0 Å². The molecule has 0 aromatic heterocycles. The predicted octanol–water partition coefficient (Wildman–Crippen LogP) is 0.765. The molecule has 12 heavy (non-hydrogen) atoms. The number of hydrogen-bond donors (Lipinski definition) is 1. The maximum absolute atomic E-state index is 9.82. The lowest BCUT2D eigenvalue weighted by molar-refractivity contribution is -0.151. The Morgan fingerprint density at radius 3 is 2.83 bits per heavy atom. The molecule has 4 atom stereocenters. The Bertz CT molecular complexity index is 169. The molecule has 2 saturated heterocycles. The third-order valence-corrected chi connectivity index (χ3v) is 2.91. The van der Waals surface area contributed by atoms with Crippen LogP contribution in [0, 0.1) is 11.8 Å². The molecule has 70 valence electrons. The van der Waals surface area contributed by atoms with E-state index in [4.69, 9.17) is 9.47 Å². The lowest BCUT2D eigenvalue weighted by Gasteiger charge is -2.34. The van der Waals surface area contributed by atoms with Crippen LogP contribution in [-0.4, -0.2) is 30.2 Å². The summed E-state index contributed by atoms with van der Waals surface area (Å²) in [5.41, 5.74) is 0. The van der Waals surface area contributed by atoms with Crippen molar-refractivity contribution in [3.8, 4) is 0 Å². The van der Waals surface area contributed by atoms with Gasteiger partial charge in [0.1, 0.15) is 6.10 Å². The Balaban J connectivity index is 2.07. The molecule has 0 saturated carbocycles. The molecule has 2 heterocycles. The van der Waals surface area contributed by atoms with E-state index in [1.807, 2.05) is 0 Å². The average molecular weight is 172 g/mol. The number of rotatable bonds is 1. The average Bonchev–Trinajstić information content (AvgIpc) is 2.41. The molecule has 2 bridgehead atoms. The highest BCUT2D eigenvalue weighted by atomic mass is 16.7. The predicted molar refractivity (Wildman–Crippen MR) is 43.6 cm³/mol. The number of aliphatic hydroxyl groups excluding tert-OH is 1. The second-order valence-electron chi connectivity index (χ2n) is 4.07. The number of hydrogen-bond acceptors (Lipinski definition) is 3. The Morgan fingerprint density at radius 1 is 1.42 bits per heavy atom. The minimum atomic E-state index is -0.330. The Labute approximate surface area is 72.7 Å². The number of aliphatic hydroxyl groups is 1. The second-order valence-corrected chi connectivity index (χ2v) is 4.07. The minimum absolute atomic E-state index is 0.0502. The van der Waals surface area contributed by atoms with Crippen LogP contribution in [0.25, 0.3) is 0 Å². The van der Waals surface area contributed by atoms with Crippen molar-refractivity contribution in [1.29, 1.82) is 0 Å². The summed E-state index contributed by atoms with van der Waals surface area (Å²) in [5, 5.41) is 9.82. The summed E-state index contributed by atoms with van der Waals surface area (Å²) in [7, 11) is 0. The van der Waals surface area contributed by atoms with Crippen LogP contribution in [0.4, 0.5) is 0 Å². The molecular formula is C9H16O3. The van der Waals surface area contributed by atoms with Crippen LogP contribution in [0.5, 0.6) is 0 Å². The quantitative estimate of drug-likeness (QED) is 0.634. The topological polar surface area (TPSA) is 38.7 Å². The zero-order valence-corrected chi connectivity index (χ0v) is 7.56. The Morgan fingerprint density at radius 2 is 2.17 bits per heavy atom. The molecule has 1 N–H and O–H groups in total. The van der Waals surface area contributed by atoms with E-state index >= 15 is 0 Å². The molecule has 0 amide bonds. The summed E-state index contributed by atoms with van der Waals surface area (Å²) in [4.78, 5) is 0. The third kappa shape index (κ3) is 1.26. The van der Waals surface area contributed by atoms with Gasteiger partial charge in [-0.25, -0.2) is 0 Å². The van der Waals surface area contributed by atoms with E-state index in [1.54, 1.807) is 0 Å². The highest BCUT2D eigenvalue weighted by molar-refractivity contribution is 4.87. The van der Waals surface area contributed by atoms with Gasteiger partial charge in [0.25, 0.3) is 0 Å². The zero-order valence-electron chi connectivity index (χ0n) is 7.56. The fourth-order valence-corrected chi connectivity index (χ4v) is 2.08. The van der Waals surface area contributed by atoms with Gasteiger partial charge >= 0.3 is 0 Å². The van der Waals surface area contributed by atoms with Gasteiger partial charge in [0, 0.05) is 6.42 Å². The first-order chi connectivity index (χ1) is 5.68. The maximum Gasteiger partial charge on any atom is 0.158 e. The molecule has 0 spiro atoms. The summed E-state index contributed by atoms with van der Waals surface area (Å²) >= 11 is 0. The van der Waals surface area contributed by atoms with Crippen molar-refractivity contribution in [2.45, 2.75) is 38.8 Å². The zero-order chi connectivity index (χ0) is 8.72. The highest BCUT2D eigenvalue weighted by Gasteiger charge is 2.43. The summed E-state index contributed by atoms with van der Waals surface area (Å²) < 4.78 is 10.8. The van der Waals surface area contributed by atoms with Crippen molar-refractivity contribution >= 4 is 0 Å². The molecule has 0 radical (unpaired) electrons. The first-order valence-corrected chi connectivity index (χ1v) is 4.63. The first-order valence-electron chi connectivity index (χ1n) is 4.63. The highest BCUT2D eigenvalue weighted by Crippen LogP contribution is 2.35. The fraction of sp³-hybridized carbons (Fsp3) is 1.00. The van der Waals surface area contributed by atoms with Crippen molar-refractivity contribution in [2.75, 3.05) is 6.61 Å². The molecule has 0 unspecified atom stereocenters. The van der Waals surface area contributed by atoms with Crippen LogP contribution >= 0.6 is 0 Å². The standard InChI is InChI=1S/C9H16O3/c1-5(2)6-3-8-11-4-7(12-8)9(6)10/h5-10H,3-4H2,1-2H3/t6-,7+,8+,9-/m0/s1. The van der Waals surface area contributed by atoms with E-state index in [0.29, 0.717) is 18.4 Å². The van der Waals surface area contributed by atoms with Crippen molar-refractivity contribution in [3.63, 3.8) is 0 Å². The summed E-state index contributed by atoms with van der Waals surface area (Å²) in [6, 6.07) is 0. The molecule has 3 nitrogen and oxygen atoms in total. The molecule has 0 aliphatic carbocycles. The summed E-state index contributed by atoms with van der Waals surface area (Å²) in [6.45, 7) is 4.84.